The number of hydrogen-bond donors (Lipinski definition) is 1. The lowest BCUT2D eigenvalue weighted by Gasteiger charge is -2.21. The minimum atomic E-state index is -0.596. The maximum atomic E-state index is 12.5. The Kier molecular flexibility index (Phi) is 6.07. The molecule has 1 N–H and O–H groups in total. The van der Waals surface area contributed by atoms with Crippen LogP contribution in [0.25, 0.3) is 0 Å². The Labute approximate surface area is 150 Å². The van der Waals surface area contributed by atoms with Gasteiger partial charge in [-0.15, -0.1) is 0 Å². The molecule has 0 spiro atoms. The third-order valence-electron chi connectivity index (χ3n) is 4.43. The van der Waals surface area contributed by atoms with E-state index < -0.39 is 6.10 Å². The highest BCUT2D eigenvalue weighted by Gasteiger charge is 2.19. The zero-order chi connectivity index (χ0) is 18.6. The van der Waals surface area contributed by atoms with Crippen LogP contribution in [-0.4, -0.2) is 19.1 Å². The van der Waals surface area contributed by atoms with Crippen LogP contribution in [0.1, 0.15) is 42.1 Å². The van der Waals surface area contributed by atoms with Crippen LogP contribution in [0.3, 0.4) is 0 Å². The SMILES string of the molecule is COc1cccc(OC(C)C(=O)NC(C)c2cc(C)c(C)cc2C)c1. The topological polar surface area (TPSA) is 47.6 Å². The largest absolute Gasteiger partial charge is 0.497 e. The van der Waals surface area contributed by atoms with E-state index in [1.807, 2.05) is 25.1 Å². The predicted molar refractivity (Wildman–Crippen MR) is 100 cm³/mol. The maximum absolute atomic E-state index is 12.5. The molecule has 0 aliphatic carbocycles. The number of carbonyl (C=O) groups excluding carboxylic acids is 1. The molecular weight excluding hydrogens is 314 g/mol. The number of nitrogens with one attached hydrogen (secondary N) is 1. The molecule has 0 fully saturated rings. The fraction of sp³-hybridized carbons (Fsp3) is 0.381. The van der Waals surface area contributed by atoms with Crippen LogP contribution in [0.4, 0.5) is 0 Å². The molecule has 0 bridgehead atoms. The molecule has 2 rings (SSSR count). The van der Waals surface area contributed by atoms with Gasteiger partial charge >= 0.3 is 0 Å². The summed E-state index contributed by atoms with van der Waals surface area (Å²) in [6.07, 6.45) is -0.596. The standard InChI is InChI=1S/C21H27NO3/c1-13-10-15(3)20(11-14(13)2)16(4)22-21(23)17(5)25-19-9-7-8-18(12-19)24-6/h7-12,16-17H,1-6H3,(H,22,23). The molecule has 0 saturated carbocycles. The number of amides is 1. The number of benzene rings is 2. The Morgan fingerprint density at radius 1 is 0.960 bits per heavy atom. The summed E-state index contributed by atoms with van der Waals surface area (Å²) in [5.41, 5.74) is 4.79. The first-order valence-corrected chi connectivity index (χ1v) is 8.50. The van der Waals surface area contributed by atoms with Crippen molar-refractivity contribution in [3.05, 3.63) is 58.7 Å². The van der Waals surface area contributed by atoms with Gasteiger partial charge in [0.1, 0.15) is 11.5 Å². The monoisotopic (exact) mass is 341 g/mol. The van der Waals surface area contributed by atoms with Gasteiger partial charge in [-0.1, -0.05) is 18.2 Å². The molecule has 0 heterocycles. The zero-order valence-corrected chi connectivity index (χ0v) is 15.8. The summed E-state index contributed by atoms with van der Waals surface area (Å²) < 4.78 is 10.9. The van der Waals surface area contributed by atoms with Gasteiger partial charge in [-0.3, -0.25) is 4.79 Å². The van der Waals surface area contributed by atoms with Gasteiger partial charge in [-0.2, -0.15) is 0 Å². The number of aryl methyl sites for hydroxylation is 3. The van der Waals surface area contributed by atoms with Gasteiger partial charge in [0.05, 0.1) is 13.2 Å². The summed E-state index contributed by atoms with van der Waals surface area (Å²) in [7, 11) is 1.60. The Balaban J connectivity index is 2.04. The highest BCUT2D eigenvalue weighted by molar-refractivity contribution is 5.81. The lowest BCUT2D eigenvalue weighted by Crippen LogP contribution is -2.38. The second kappa shape index (κ2) is 8.06. The summed E-state index contributed by atoms with van der Waals surface area (Å²) in [6.45, 7) is 9.99. The van der Waals surface area contributed by atoms with Crippen LogP contribution in [0.5, 0.6) is 11.5 Å². The van der Waals surface area contributed by atoms with E-state index in [1.54, 1.807) is 20.1 Å². The van der Waals surface area contributed by atoms with Crippen LogP contribution in [0.2, 0.25) is 0 Å². The lowest BCUT2D eigenvalue weighted by atomic mass is 9.96. The van der Waals surface area contributed by atoms with E-state index in [0.717, 1.165) is 5.56 Å². The zero-order valence-electron chi connectivity index (χ0n) is 15.8. The van der Waals surface area contributed by atoms with E-state index >= 15 is 0 Å². The van der Waals surface area contributed by atoms with E-state index in [-0.39, 0.29) is 11.9 Å². The van der Waals surface area contributed by atoms with E-state index in [1.165, 1.54) is 16.7 Å². The third-order valence-corrected chi connectivity index (χ3v) is 4.43. The summed E-state index contributed by atoms with van der Waals surface area (Å²) in [4.78, 5) is 12.5. The van der Waals surface area contributed by atoms with E-state index in [4.69, 9.17) is 9.47 Å². The summed E-state index contributed by atoms with van der Waals surface area (Å²) in [5.74, 6) is 1.16. The van der Waals surface area contributed by atoms with Gasteiger partial charge in [-0.05, 0) is 69.0 Å². The maximum Gasteiger partial charge on any atom is 0.261 e. The molecule has 2 atom stereocenters. The average molecular weight is 341 g/mol. The van der Waals surface area contributed by atoms with Gasteiger partial charge in [0, 0.05) is 6.07 Å². The van der Waals surface area contributed by atoms with E-state index in [9.17, 15) is 4.79 Å². The highest BCUT2D eigenvalue weighted by Crippen LogP contribution is 2.23. The van der Waals surface area contributed by atoms with Gasteiger partial charge in [0.15, 0.2) is 6.10 Å². The van der Waals surface area contributed by atoms with E-state index in [0.29, 0.717) is 11.5 Å². The smallest absolute Gasteiger partial charge is 0.261 e. The normalized spacial score (nSPS) is 13.0. The summed E-state index contributed by atoms with van der Waals surface area (Å²) in [5, 5.41) is 3.04. The van der Waals surface area contributed by atoms with Crippen molar-refractivity contribution in [1.29, 1.82) is 0 Å². The first-order valence-electron chi connectivity index (χ1n) is 8.50. The number of carbonyl (C=O) groups is 1. The fourth-order valence-corrected chi connectivity index (χ4v) is 2.79. The van der Waals surface area contributed by atoms with Crippen molar-refractivity contribution in [3.8, 4) is 11.5 Å². The Hall–Kier alpha value is -2.49. The van der Waals surface area contributed by atoms with Crippen LogP contribution in [0.15, 0.2) is 36.4 Å². The van der Waals surface area contributed by atoms with Gasteiger partial charge < -0.3 is 14.8 Å². The van der Waals surface area contributed by atoms with Crippen LogP contribution in [0, 0.1) is 20.8 Å². The third kappa shape index (κ3) is 4.75. The first-order chi connectivity index (χ1) is 11.8. The average Bonchev–Trinajstić information content (AvgIpc) is 2.58. The molecule has 1 amide bonds. The lowest BCUT2D eigenvalue weighted by molar-refractivity contribution is -0.127. The molecule has 0 radical (unpaired) electrons. The molecule has 4 heteroatoms. The Morgan fingerprint density at radius 3 is 2.28 bits per heavy atom. The minimum Gasteiger partial charge on any atom is -0.497 e. The molecule has 0 aromatic heterocycles. The molecule has 0 aliphatic heterocycles. The molecule has 2 unspecified atom stereocenters. The molecule has 4 nitrogen and oxygen atoms in total. The van der Waals surface area contributed by atoms with Crippen LogP contribution >= 0.6 is 0 Å². The Morgan fingerprint density at radius 2 is 1.60 bits per heavy atom. The van der Waals surface area contributed by atoms with E-state index in [2.05, 4.69) is 38.2 Å². The number of ether oxygens (including phenoxy) is 2. The van der Waals surface area contributed by atoms with Gasteiger partial charge in [-0.25, -0.2) is 0 Å². The summed E-state index contributed by atoms with van der Waals surface area (Å²) in [6, 6.07) is 11.5. The molecule has 134 valence electrons. The molecule has 2 aromatic rings. The fourth-order valence-electron chi connectivity index (χ4n) is 2.79. The van der Waals surface area contributed by atoms with Crippen molar-refractivity contribution < 1.29 is 14.3 Å². The van der Waals surface area contributed by atoms with Crippen molar-refractivity contribution in [2.75, 3.05) is 7.11 Å². The Bertz CT molecular complexity index is 755. The van der Waals surface area contributed by atoms with Crippen molar-refractivity contribution >= 4 is 5.91 Å². The highest BCUT2D eigenvalue weighted by atomic mass is 16.5. The second-order valence-electron chi connectivity index (χ2n) is 6.46. The predicted octanol–water partition coefficient (Wildman–Crippen LogP) is 4.27. The van der Waals surface area contributed by atoms with Crippen molar-refractivity contribution in [2.24, 2.45) is 0 Å². The molecule has 2 aromatic carbocycles. The van der Waals surface area contributed by atoms with Crippen molar-refractivity contribution in [1.82, 2.24) is 5.32 Å². The molecular formula is C21H27NO3. The second-order valence-corrected chi connectivity index (χ2v) is 6.46. The molecule has 0 aliphatic rings. The number of hydrogen-bond acceptors (Lipinski definition) is 3. The number of methoxy groups -OCH3 is 1. The quantitative estimate of drug-likeness (QED) is 0.854. The van der Waals surface area contributed by atoms with Crippen molar-refractivity contribution in [3.63, 3.8) is 0 Å². The van der Waals surface area contributed by atoms with Crippen LogP contribution < -0.4 is 14.8 Å². The molecule has 0 saturated heterocycles. The van der Waals surface area contributed by atoms with Gasteiger partial charge in [0.25, 0.3) is 5.91 Å². The minimum absolute atomic E-state index is 0.0804. The van der Waals surface area contributed by atoms with Gasteiger partial charge in [0.2, 0.25) is 0 Å². The van der Waals surface area contributed by atoms with Crippen molar-refractivity contribution in [2.45, 2.75) is 46.8 Å². The first kappa shape index (κ1) is 18.8. The van der Waals surface area contributed by atoms with Crippen LogP contribution in [-0.2, 0) is 4.79 Å². The molecule has 25 heavy (non-hydrogen) atoms. The summed E-state index contributed by atoms with van der Waals surface area (Å²) >= 11 is 0. The number of rotatable bonds is 6.